The largest absolute Gasteiger partial charge is 0.444 e. The lowest BCUT2D eigenvalue weighted by Crippen LogP contribution is -2.45. The van der Waals surface area contributed by atoms with E-state index < -0.39 is 22.5 Å². The summed E-state index contributed by atoms with van der Waals surface area (Å²) in [5, 5.41) is 13.7. The van der Waals surface area contributed by atoms with E-state index in [0.29, 0.717) is 6.54 Å². The maximum absolute atomic E-state index is 12.3. The third-order valence-corrected chi connectivity index (χ3v) is 3.85. The summed E-state index contributed by atoms with van der Waals surface area (Å²) < 4.78 is 5.38. The highest BCUT2D eigenvalue weighted by atomic mass is 16.6. The van der Waals surface area contributed by atoms with Gasteiger partial charge < -0.3 is 15.0 Å². The van der Waals surface area contributed by atoms with Crippen LogP contribution in [-0.2, 0) is 4.74 Å². The smallest absolute Gasteiger partial charge is 0.410 e. The normalized spacial score (nSPS) is 17.2. The van der Waals surface area contributed by atoms with Gasteiger partial charge in [-0.15, -0.1) is 0 Å². The molecule has 8 heteroatoms. The molecular weight excluding hydrogens is 326 g/mol. The molecule has 1 N–H and O–H groups in total. The van der Waals surface area contributed by atoms with E-state index in [1.165, 1.54) is 18.2 Å². The lowest BCUT2D eigenvalue weighted by molar-refractivity contribution is -0.385. The molecule has 0 aliphatic carbocycles. The zero-order valence-electron chi connectivity index (χ0n) is 14.7. The van der Waals surface area contributed by atoms with Crippen molar-refractivity contribution >= 4 is 17.7 Å². The van der Waals surface area contributed by atoms with E-state index in [1.54, 1.807) is 31.7 Å². The minimum absolute atomic E-state index is 0.00862. The van der Waals surface area contributed by atoms with Crippen LogP contribution in [0.25, 0.3) is 0 Å². The zero-order chi connectivity index (χ0) is 18.6. The predicted molar refractivity (Wildman–Crippen MR) is 91.4 cm³/mol. The van der Waals surface area contributed by atoms with Crippen molar-refractivity contribution in [3.05, 3.63) is 39.9 Å². The molecule has 2 amide bonds. The maximum atomic E-state index is 12.3. The third-order valence-electron chi connectivity index (χ3n) is 3.85. The van der Waals surface area contributed by atoms with Gasteiger partial charge in [-0.05, 0) is 39.7 Å². The van der Waals surface area contributed by atoms with Crippen LogP contribution in [0.5, 0.6) is 0 Å². The first-order valence-electron chi connectivity index (χ1n) is 8.20. The number of ether oxygens (including phenoxy) is 1. The highest BCUT2D eigenvalue weighted by Gasteiger charge is 2.32. The van der Waals surface area contributed by atoms with Crippen LogP contribution in [-0.4, -0.2) is 46.6 Å². The molecule has 0 spiro atoms. The monoisotopic (exact) mass is 349 g/mol. The van der Waals surface area contributed by atoms with Gasteiger partial charge >= 0.3 is 6.09 Å². The van der Waals surface area contributed by atoms with E-state index in [0.717, 1.165) is 12.8 Å². The highest BCUT2D eigenvalue weighted by molar-refractivity contribution is 5.98. The second kappa shape index (κ2) is 7.50. The fourth-order valence-corrected chi connectivity index (χ4v) is 2.74. The third kappa shape index (κ3) is 4.91. The van der Waals surface area contributed by atoms with Crippen molar-refractivity contribution in [3.8, 4) is 0 Å². The molecule has 1 heterocycles. The van der Waals surface area contributed by atoms with Gasteiger partial charge in [0.05, 0.1) is 11.0 Å². The molecule has 1 saturated heterocycles. The second-order valence-electron chi connectivity index (χ2n) is 6.95. The van der Waals surface area contributed by atoms with E-state index in [2.05, 4.69) is 5.32 Å². The van der Waals surface area contributed by atoms with Crippen LogP contribution >= 0.6 is 0 Å². The minimum Gasteiger partial charge on any atom is -0.444 e. The molecule has 136 valence electrons. The zero-order valence-corrected chi connectivity index (χ0v) is 14.7. The number of amides is 2. The first kappa shape index (κ1) is 18.7. The van der Waals surface area contributed by atoms with Crippen molar-refractivity contribution in [1.29, 1.82) is 0 Å². The summed E-state index contributed by atoms with van der Waals surface area (Å²) in [6.45, 7) is 6.19. The Labute approximate surface area is 146 Å². The van der Waals surface area contributed by atoms with Crippen LogP contribution < -0.4 is 5.32 Å². The SMILES string of the molecule is CC(C)(C)OC(=O)N1CCCC1CNC(=O)c1ccccc1[N+](=O)[O-]. The van der Waals surface area contributed by atoms with Crippen LogP contribution in [0.4, 0.5) is 10.5 Å². The summed E-state index contributed by atoms with van der Waals surface area (Å²) in [5.41, 5.74) is -0.817. The molecule has 25 heavy (non-hydrogen) atoms. The number of hydrogen-bond acceptors (Lipinski definition) is 5. The Hall–Kier alpha value is -2.64. The summed E-state index contributed by atoms with van der Waals surface area (Å²) in [5.74, 6) is -0.525. The Bertz CT molecular complexity index is 668. The number of para-hydroxylation sites is 1. The predicted octanol–water partition coefficient (Wildman–Crippen LogP) is 2.72. The van der Waals surface area contributed by atoms with Crippen molar-refractivity contribution in [3.63, 3.8) is 0 Å². The molecule has 0 saturated carbocycles. The number of nitrogens with zero attached hydrogens (tertiary/aromatic N) is 2. The fourth-order valence-electron chi connectivity index (χ4n) is 2.74. The molecule has 1 fully saturated rings. The average Bonchev–Trinajstić information content (AvgIpc) is 2.99. The Morgan fingerprint density at radius 1 is 1.36 bits per heavy atom. The molecule has 0 aromatic heterocycles. The van der Waals surface area contributed by atoms with Gasteiger partial charge in [-0.3, -0.25) is 14.9 Å². The molecule has 0 radical (unpaired) electrons. The van der Waals surface area contributed by atoms with Gasteiger partial charge in [0.15, 0.2) is 0 Å². The number of carbonyl (C=O) groups is 2. The molecular formula is C17H23N3O5. The number of benzene rings is 1. The van der Waals surface area contributed by atoms with E-state index in [4.69, 9.17) is 4.74 Å². The molecule has 8 nitrogen and oxygen atoms in total. The van der Waals surface area contributed by atoms with Gasteiger partial charge in [0.2, 0.25) is 0 Å². The maximum Gasteiger partial charge on any atom is 0.410 e. The van der Waals surface area contributed by atoms with Crippen molar-refractivity contribution in [1.82, 2.24) is 10.2 Å². The average molecular weight is 349 g/mol. The number of nitrogens with one attached hydrogen (secondary N) is 1. The Balaban J connectivity index is 1.99. The van der Waals surface area contributed by atoms with Gasteiger partial charge in [0.1, 0.15) is 11.2 Å². The van der Waals surface area contributed by atoms with Gasteiger partial charge in [0.25, 0.3) is 11.6 Å². The van der Waals surface area contributed by atoms with E-state index in [1.807, 2.05) is 0 Å². The first-order chi connectivity index (χ1) is 11.7. The van der Waals surface area contributed by atoms with Crippen molar-refractivity contribution in [2.24, 2.45) is 0 Å². The van der Waals surface area contributed by atoms with Crippen LogP contribution in [0.1, 0.15) is 44.0 Å². The van der Waals surface area contributed by atoms with Gasteiger partial charge in [-0.2, -0.15) is 0 Å². The number of rotatable bonds is 4. The van der Waals surface area contributed by atoms with E-state index in [-0.39, 0.29) is 23.8 Å². The molecule has 1 atom stereocenters. The molecule has 1 aromatic carbocycles. The van der Waals surface area contributed by atoms with Crippen LogP contribution in [0.15, 0.2) is 24.3 Å². The van der Waals surface area contributed by atoms with Crippen molar-refractivity contribution < 1.29 is 19.2 Å². The van der Waals surface area contributed by atoms with Gasteiger partial charge in [-0.25, -0.2) is 4.79 Å². The van der Waals surface area contributed by atoms with E-state index >= 15 is 0 Å². The molecule has 0 bridgehead atoms. The molecule has 2 rings (SSSR count). The summed E-state index contributed by atoms with van der Waals surface area (Å²) >= 11 is 0. The van der Waals surface area contributed by atoms with Crippen LogP contribution in [0.3, 0.4) is 0 Å². The summed E-state index contributed by atoms with van der Waals surface area (Å²) in [4.78, 5) is 36.5. The number of hydrogen-bond donors (Lipinski definition) is 1. The standard InChI is InChI=1S/C17H23N3O5/c1-17(2,3)25-16(22)19-10-6-7-12(19)11-18-15(21)13-8-4-5-9-14(13)20(23)24/h4-5,8-9,12H,6-7,10-11H2,1-3H3,(H,18,21). The first-order valence-corrected chi connectivity index (χ1v) is 8.20. The Kier molecular flexibility index (Phi) is 5.61. The lowest BCUT2D eigenvalue weighted by Gasteiger charge is -2.28. The number of nitro groups is 1. The topological polar surface area (TPSA) is 102 Å². The van der Waals surface area contributed by atoms with Crippen LogP contribution in [0.2, 0.25) is 0 Å². The van der Waals surface area contributed by atoms with Gasteiger partial charge in [0, 0.05) is 19.2 Å². The molecule has 1 aliphatic rings. The Morgan fingerprint density at radius 2 is 2.04 bits per heavy atom. The second-order valence-corrected chi connectivity index (χ2v) is 6.95. The number of likely N-dealkylation sites (tertiary alicyclic amines) is 1. The van der Waals surface area contributed by atoms with Gasteiger partial charge in [-0.1, -0.05) is 12.1 Å². The fraction of sp³-hybridized carbons (Fsp3) is 0.529. The molecule has 1 unspecified atom stereocenters. The Morgan fingerprint density at radius 3 is 2.68 bits per heavy atom. The molecule has 1 aliphatic heterocycles. The van der Waals surface area contributed by atoms with Crippen LogP contribution in [0, 0.1) is 10.1 Å². The minimum atomic E-state index is -0.586. The number of nitro benzene ring substituents is 1. The quantitative estimate of drug-likeness (QED) is 0.665. The summed E-state index contributed by atoms with van der Waals surface area (Å²) in [7, 11) is 0. The van der Waals surface area contributed by atoms with Crippen molar-refractivity contribution in [2.45, 2.75) is 45.3 Å². The number of carbonyl (C=O) groups excluding carboxylic acids is 2. The van der Waals surface area contributed by atoms with Crippen molar-refractivity contribution in [2.75, 3.05) is 13.1 Å². The lowest BCUT2D eigenvalue weighted by atomic mass is 10.1. The summed E-state index contributed by atoms with van der Waals surface area (Å²) in [6.07, 6.45) is 1.16. The summed E-state index contributed by atoms with van der Waals surface area (Å²) in [6, 6.07) is 5.60. The molecule has 1 aromatic rings. The van der Waals surface area contributed by atoms with E-state index in [9.17, 15) is 19.7 Å². The highest BCUT2D eigenvalue weighted by Crippen LogP contribution is 2.21.